The van der Waals surface area contributed by atoms with Gasteiger partial charge in [-0.3, -0.25) is 4.68 Å². The van der Waals surface area contributed by atoms with E-state index in [4.69, 9.17) is 10.7 Å². The van der Waals surface area contributed by atoms with E-state index < -0.39 is 0 Å². The molecule has 1 saturated heterocycles. The van der Waals surface area contributed by atoms with Gasteiger partial charge in [-0.05, 0) is 56.6 Å². The Morgan fingerprint density at radius 2 is 2.00 bits per heavy atom. The fourth-order valence-electron chi connectivity index (χ4n) is 3.71. The van der Waals surface area contributed by atoms with Crippen LogP contribution in [0.2, 0.25) is 0 Å². The first-order valence-corrected chi connectivity index (χ1v) is 10.4. The monoisotopic (exact) mass is 390 g/mol. The van der Waals surface area contributed by atoms with E-state index in [0.717, 1.165) is 53.1 Å². The summed E-state index contributed by atoms with van der Waals surface area (Å²) in [7, 11) is 0. The quantitative estimate of drug-likeness (QED) is 0.552. The van der Waals surface area contributed by atoms with Crippen LogP contribution in [0.15, 0.2) is 42.9 Å². The molecular weight excluding hydrogens is 368 g/mol. The lowest BCUT2D eigenvalue weighted by molar-refractivity contribution is 0.343. The number of nitrogen functional groups attached to an aromatic ring is 1. The van der Waals surface area contributed by atoms with Gasteiger partial charge >= 0.3 is 0 Å². The van der Waals surface area contributed by atoms with E-state index in [1.165, 1.54) is 10.3 Å². The third-order valence-electron chi connectivity index (χ3n) is 5.31. The van der Waals surface area contributed by atoms with E-state index in [-0.39, 0.29) is 0 Å². The zero-order chi connectivity index (χ0) is 19.1. The van der Waals surface area contributed by atoms with Crippen LogP contribution in [-0.4, -0.2) is 32.8 Å². The minimum Gasteiger partial charge on any atom is -0.383 e. The molecule has 4 heterocycles. The summed E-state index contributed by atoms with van der Waals surface area (Å²) in [4.78, 5) is 9.21. The average Bonchev–Trinajstić information content (AvgIpc) is 3.36. The van der Waals surface area contributed by atoms with E-state index in [9.17, 15) is 0 Å². The number of fused-ring (bicyclic) bond motifs is 1. The van der Waals surface area contributed by atoms with Crippen molar-refractivity contribution in [3.63, 3.8) is 0 Å². The van der Waals surface area contributed by atoms with Crippen LogP contribution in [0, 0.1) is 6.92 Å². The first-order valence-electron chi connectivity index (χ1n) is 9.56. The molecule has 6 nitrogen and oxygen atoms in total. The number of benzene rings is 1. The number of aryl methyl sites for hydroxylation is 1. The summed E-state index contributed by atoms with van der Waals surface area (Å²) in [6.07, 6.45) is 8.07. The second-order valence-corrected chi connectivity index (χ2v) is 8.37. The van der Waals surface area contributed by atoms with Gasteiger partial charge in [-0.1, -0.05) is 6.07 Å². The number of nitrogens with zero attached hydrogens (tertiary/aromatic N) is 4. The lowest BCUT2D eigenvalue weighted by Crippen LogP contribution is -2.29. The maximum absolute atomic E-state index is 6.20. The van der Waals surface area contributed by atoms with Crippen molar-refractivity contribution in [1.82, 2.24) is 25.1 Å². The minimum atomic E-state index is 0.462. The number of rotatable bonds is 3. The van der Waals surface area contributed by atoms with Gasteiger partial charge in [-0.2, -0.15) is 5.10 Å². The number of hydrogen-bond donors (Lipinski definition) is 2. The van der Waals surface area contributed by atoms with Crippen LogP contribution in [0.25, 0.3) is 31.9 Å². The Labute approximate surface area is 167 Å². The molecule has 1 aliphatic rings. The van der Waals surface area contributed by atoms with Crippen LogP contribution < -0.4 is 11.1 Å². The summed E-state index contributed by atoms with van der Waals surface area (Å²) in [6.45, 7) is 4.18. The summed E-state index contributed by atoms with van der Waals surface area (Å²) < 4.78 is 3.26. The van der Waals surface area contributed by atoms with Crippen molar-refractivity contribution >= 4 is 27.4 Å². The highest BCUT2D eigenvalue weighted by Crippen LogP contribution is 2.35. The van der Waals surface area contributed by atoms with E-state index in [1.807, 2.05) is 12.4 Å². The Bertz CT molecular complexity index is 1140. The topological polar surface area (TPSA) is 81.7 Å². The second kappa shape index (κ2) is 7.00. The zero-order valence-electron chi connectivity index (χ0n) is 15.7. The highest BCUT2D eigenvalue weighted by molar-refractivity contribution is 7.21. The number of pyridine rings is 1. The fraction of sp³-hybridized carbons (Fsp3) is 0.286. The maximum Gasteiger partial charge on any atom is 0.133 e. The molecule has 0 radical (unpaired) electrons. The van der Waals surface area contributed by atoms with Crippen LogP contribution in [-0.2, 0) is 0 Å². The molecule has 4 aromatic rings. The summed E-state index contributed by atoms with van der Waals surface area (Å²) >= 11 is 1.65. The molecule has 0 bridgehead atoms. The molecular formula is C21H22N6S. The van der Waals surface area contributed by atoms with E-state index in [2.05, 4.69) is 57.5 Å². The van der Waals surface area contributed by atoms with Crippen molar-refractivity contribution in [2.24, 2.45) is 0 Å². The van der Waals surface area contributed by atoms with E-state index in [1.54, 1.807) is 11.3 Å². The molecule has 0 spiro atoms. The van der Waals surface area contributed by atoms with Crippen molar-refractivity contribution in [2.45, 2.75) is 25.8 Å². The van der Waals surface area contributed by atoms with Gasteiger partial charge in [0.15, 0.2) is 0 Å². The number of thiazole rings is 1. The number of aromatic nitrogens is 4. The van der Waals surface area contributed by atoms with Crippen LogP contribution >= 0.6 is 11.3 Å². The largest absolute Gasteiger partial charge is 0.383 e. The van der Waals surface area contributed by atoms with Gasteiger partial charge in [-0.15, -0.1) is 11.3 Å². The summed E-state index contributed by atoms with van der Waals surface area (Å²) in [5, 5.41) is 8.90. The predicted octanol–water partition coefficient (Wildman–Crippen LogP) is 4.04. The van der Waals surface area contributed by atoms with Crippen LogP contribution in [0.4, 0.5) is 5.82 Å². The second-order valence-electron chi connectivity index (χ2n) is 7.34. The molecule has 28 heavy (non-hydrogen) atoms. The van der Waals surface area contributed by atoms with E-state index in [0.29, 0.717) is 11.9 Å². The van der Waals surface area contributed by atoms with Crippen molar-refractivity contribution in [1.29, 1.82) is 0 Å². The predicted molar refractivity (Wildman–Crippen MR) is 114 cm³/mol. The Hall–Kier alpha value is -2.77. The Morgan fingerprint density at radius 3 is 2.86 bits per heavy atom. The summed E-state index contributed by atoms with van der Waals surface area (Å²) in [6, 6.07) is 8.84. The molecule has 1 aliphatic heterocycles. The van der Waals surface area contributed by atoms with Gasteiger partial charge in [0.1, 0.15) is 10.8 Å². The van der Waals surface area contributed by atoms with Gasteiger partial charge in [0.05, 0.1) is 28.0 Å². The fourth-order valence-corrected chi connectivity index (χ4v) is 4.80. The molecule has 1 fully saturated rings. The number of anilines is 1. The normalized spacial score (nSPS) is 15.3. The molecule has 1 aromatic carbocycles. The number of nitrogens with two attached hydrogens (primary N) is 1. The van der Waals surface area contributed by atoms with Gasteiger partial charge < -0.3 is 11.1 Å². The van der Waals surface area contributed by atoms with Crippen molar-refractivity contribution in [2.75, 3.05) is 18.8 Å². The van der Waals surface area contributed by atoms with Gasteiger partial charge in [-0.25, -0.2) is 9.97 Å². The van der Waals surface area contributed by atoms with Gasteiger partial charge in [0.25, 0.3) is 0 Å². The van der Waals surface area contributed by atoms with Crippen molar-refractivity contribution < 1.29 is 0 Å². The third-order valence-corrected chi connectivity index (χ3v) is 6.36. The zero-order valence-corrected chi connectivity index (χ0v) is 16.5. The number of nitrogens with one attached hydrogen (secondary N) is 1. The van der Waals surface area contributed by atoms with Crippen molar-refractivity contribution in [3.8, 4) is 21.7 Å². The molecule has 5 rings (SSSR count). The summed E-state index contributed by atoms with van der Waals surface area (Å²) in [5.41, 5.74) is 11.4. The van der Waals surface area contributed by atoms with Crippen LogP contribution in [0.3, 0.4) is 0 Å². The lowest BCUT2D eigenvalue weighted by Gasteiger charge is -2.22. The SMILES string of the molecule is Cc1ccc2nc(-c3cc(-c4cnn(C5CCNCC5)c4)cnc3N)sc2c1. The minimum absolute atomic E-state index is 0.462. The molecule has 3 N–H and O–H groups in total. The standard InChI is InChI=1S/C21H22N6S/c1-13-2-3-18-19(8-13)28-21(26-18)17-9-14(10-24-20(17)22)15-11-25-27(12-15)16-4-6-23-7-5-16/h2-3,8-12,16,23H,4-7H2,1H3,(H2,22,24). The smallest absolute Gasteiger partial charge is 0.133 e. The molecule has 0 unspecified atom stereocenters. The summed E-state index contributed by atoms with van der Waals surface area (Å²) in [5.74, 6) is 0.505. The Kier molecular flexibility index (Phi) is 4.33. The first-order chi connectivity index (χ1) is 13.7. The number of piperidine rings is 1. The lowest BCUT2D eigenvalue weighted by atomic mass is 10.1. The first kappa shape index (κ1) is 17.3. The highest BCUT2D eigenvalue weighted by Gasteiger charge is 2.17. The molecule has 7 heteroatoms. The van der Waals surface area contributed by atoms with Crippen LogP contribution in [0.5, 0.6) is 0 Å². The molecule has 142 valence electrons. The van der Waals surface area contributed by atoms with Gasteiger partial charge in [0, 0.05) is 23.5 Å². The van der Waals surface area contributed by atoms with Crippen LogP contribution in [0.1, 0.15) is 24.4 Å². The van der Waals surface area contributed by atoms with Gasteiger partial charge in [0.2, 0.25) is 0 Å². The molecule has 0 saturated carbocycles. The number of hydrogen-bond acceptors (Lipinski definition) is 6. The molecule has 0 aliphatic carbocycles. The molecule has 0 amide bonds. The van der Waals surface area contributed by atoms with Crippen molar-refractivity contribution in [3.05, 3.63) is 48.4 Å². The third kappa shape index (κ3) is 3.16. The maximum atomic E-state index is 6.20. The highest BCUT2D eigenvalue weighted by atomic mass is 32.1. The van der Waals surface area contributed by atoms with E-state index >= 15 is 0 Å². The average molecular weight is 391 g/mol. The Morgan fingerprint density at radius 1 is 1.14 bits per heavy atom. The molecule has 3 aromatic heterocycles. The molecule has 0 atom stereocenters. The Balaban J connectivity index is 1.51.